The van der Waals surface area contributed by atoms with E-state index in [4.69, 9.17) is 4.74 Å². The quantitative estimate of drug-likeness (QED) is 0.629. The average Bonchev–Trinajstić information content (AvgIpc) is 3.20. The van der Waals surface area contributed by atoms with E-state index in [9.17, 15) is 14.7 Å². The summed E-state index contributed by atoms with van der Waals surface area (Å²) in [5.41, 5.74) is 1.44. The molecule has 1 aliphatic carbocycles. The number of nitrogens with zero attached hydrogens (tertiary/aromatic N) is 3. The largest absolute Gasteiger partial charge is 0.413 e. The van der Waals surface area contributed by atoms with Gasteiger partial charge in [-0.3, -0.25) is 4.79 Å². The van der Waals surface area contributed by atoms with Crippen molar-refractivity contribution >= 4 is 17.7 Å². The molecule has 0 unspecified atom stereocenters. The van der Waals surface area contributed by atoms with E-state index in [-0.39, 0.29) is 29.8 Å². The van der Waals surface area contributed by atoms with Crippen LogP contribution in [0.25, 0.3) is 11.1 Å². The van der Waals surface area contributed by atoms with Crippen molar-refractivity contribution in [3.8, 4) is 17.0 Å². The molecule has 37 heavy (non-hydrogen) atoms. The van der Waals surface area contributed by atoms with Crippen LogP contribution in [0.5, 0.6) is 5.88 Å². The smallest absolute Gasteiger partial charge is 0.393 e. The molecule has 2 saturated heterocycles. The summed E-state index contributed by atoms with van der Waals surface area (Å²) >= 11 is 0. The fourth-order valence-corrected chi connectivity index (χ4v) is 6.11. The second kappa shape index (κ2) is 10.7. The van der Waals surface area contributed by atoms with Gasteiger partial charge in [0.15, 0.2) is 0 Å². The zero-order valence-corrected chi connectivity index (χ0v) is 21.3. The van der Waals surface area contributed by atoms with E-state index >= 15 is 4.39 Å². The maximum atomic E-state index is 15.4. The van der Waals surface area contributed by atoms with Gasteiger partial charge >= 0.3 is 6.09 Å². The van der Waals surface area contributed by atoms with Crippen LogP contribution in [0.3, 0.4) is 0 Å². The summed E-state index contributed by atoms with van der Waals surface area (Å²) in [6.45, 7) is 4.25. The molecule has 3 heterocycles. The number of pyridine rings is 1. The number of amides is 2. The van der Waals surface area contributed by atoms with Crippen molar-refractivity contribution in [1.29, 1.82) is 0 Å². The molecule has 3 aliphatic rings. The second-order valence-electron chi connectivity index (χ2n) is 10.5. The lowest BCUT2D eigenvalue weighted by atomic mass is 9.78. The third-order valence-electron chi connectivity index (χ3n) is 8.11. The van der Waals surface area contributed by atoms with E-state index in [1.165, 1.54) is 6.07 Å². The highest BCUT2D eigenvalue weighted by molar-refractivity contribution is 5.86. The van der Waals surface area contributed by atoms with Crippen molar-refractivity contribution in [2.45, 2.75) is 64.0 Å². The van der Waals surface area contributed by atoms with Gasteiger partial charge in [-0.1, -0.05) is 6.07 Å². The molecule has 8 nitrogen and oxygen atoms in total. The zero-order valence-electron chi connectivity index (χ0n) is 21.3. The Labute approximate surface area is 216 Å². The Morgan fingerprint density at radius 2 is 1.95 bits per heavy atom. The number of likely N-dealkylation sites (tertiary alicyclic amines) is 1. The highest BCUT2D eigenvalue weighted by atomic mass is 19.1. The molecule has 1 aromatic heterocycles. The molecular weight excluding hydrogens is 475 g/mol. The van der Waals surface area contributed by atoms with Gasteiger partial charge in [-0.15, -0.1) is 0 Å². The molecule has 1 spiro atoms. The summed E-state index contributed by atoms with van der Waals surface area (Å²) < 4.78 is 20.5. The highest BCUT2D eigenvalue weighted by Crippen LogP contribution is 2.44. The number of hydrogen-bond acceptors (Lipinski definition) is 6. The zero-order chi connectivity index (χ0) is 26.0. The molecule has 2 amide bonds. The number of anilines is 1. The number of ether oxygens (including phenoxy) is 1. The molecular formula is C28H35FN4O4. The van der Waals surface area contributed by atoms with Crippen LogP contribution >= 0.6 is 0 Å². The number of benzene rings is 1. The second-order valence-corrected chi connectivity index (χ2v) is 10.5. The molecule has 1 aromatic carbocycles. The normalized spacial score (nSPS) is 26.0. The predicted octanol–water partition coefficient (Wildman–Crippen LogP) is 4.12. The maximum Gasteiger partial charge on any atom is 0.413 e. The van der Waals surface area contributed by atoms with E-state index < -0.39 is 11.5 Å². The van der Waals surface area contributed by atoms with E-state index in [2.05, 4.69) is 10.3 Å². The molecule has 1 atom stereocenters. The van der Waals surface area contributed by atoms with Crippen molar-refractivity contribution in [2.24, 2.45) is 5.41 Å². The number of aliphatic hydroxyl groups is 1. The fourth-order valence-electron chi connectivity index (χ4n) is 6.11. The van der Waals surface area contributed by atoms with Gasteiger partial charge < -0.3 is 25.0 Å². The SMILES string of the molecule is CCNC(=O)Oc1ccc(-c2ccc(N3CCC[C@]4(CCN(C5CCC(O)CC5)C4=O)C3)c(F)c2)cn1. The first kappa shape index (κ1) is 25.4. The summed E-state index contributed by atoms with van der Waals surface area (Å²) in [4.78, 5) is 33.4. The van der Waals surface area contributed by atoms with Crippen molar-refractivity contribution in [2.75, 3.05) is 31.1 Å². The van der Waals surface area contributed by atoms with Crippen LogP contribution in [0.15, 0.2) is 36.5 Å². The predicted molar refractivity (Wildman–Crippen MR) is 138 cm³/mol. The Morgan fingerprint density at radius 1 is 1.16 bits per heavy atom. The number of carbonyl (C=O) groups is 2. The van der Waals surface area contributed by atoms with Gasteiger partial charge in [-0.25, -0.2) is 14.2 Å². The first-order valence-corrected chi connectivity index (χ1v) is 13.3. The van der Waals surface area contributed by atoms with Crippen LogP contribution in [0, 0.1) is 11.2 Å². The van der Waals surface area contributed by atoms with Crippen molar-refractivity contribution < 1.29 is 23.8 Å². The molecule has 2 aliphatic heterocycles. The molecule has 2 N–H and O–H groups in total. The highest BCUT2D eigenvalue weighted by Gasteiger charge is 2.50. The minimum Gasteiger partial charge on any atom is -0.393 e. The molecule has 1 saturated carbocycles. The molecule has 5 rings (SSSR count). The number of aromatic nitrogens is 1. The molecule has 3 fully saturated rings. The van der Waals surface area contributed by atoms with Gasteiger partial charge in [0, 0.05) is 50.0 Å². The fraction of sp³-hybridized carbons (Fsp3) is 0.536. The maximum absolute atomic E-state index is 15.4. The lowest BCUT2D eigenvalue weighted by molar-refractivity contribution is -0.139. The van der Waals surface area contributed by atoms with E-state index in [0.717, 1.165) is 51.5 Å². The van der Waals surface area contributed by atoms with Crippen LogP contribution in [-0.2, 0) is 4.79 Å². The standard InChI is InChI=1S/C28H35FN4O4/c1-2-30-27(36)37-25-11-5-20(17-31-25)19-4-10-24(23(29)16-19)32-14-3-12-28(18-32)13-15-33(26(28)35)21-6-8-22(34)9-7-21/h4-5,10-11,16-17,21-22,34H,2-3,6-9,12-15,18H2,1H3,(H,30,36)/t21?,22?,28-/m0/s1. The summed E-state index contributed by atoms with van der Waals surface area (Å²) in [5, 5.41) is 12.4. The Kier molecular flexibility index (Phi) is 7.33. The number of piperidine rings is 1. The summed E-state index contributed by atoms with van der Waals surface area (Å²) in [6.07, 6.45) is 6.45. The van der Waals surface area contributed by atoms with E-state index in [1.54, 1.807) is 31.3 Å². The van der Waals surface area contributed by atoms with Crippen molar-refractivity contribution in [1.82, 2.24) is 15.2 Å². The number of carbonyl (C=O) groups excluding carboxylic acids is 2. The van der Waals surface area contributed by atoms with Crippen LogP contribution in [0.2, 0.25) is 0 Å². The minimum absolute atomic E-state index is 0.171. The average molecular weight is 511 g/mol. The van der Waals surface area contributed by atoms with Crippen LogP contribution in [0.4, 0.5) is 14.9 Å². The van der Waals surface area contributed by atoms with Gasteiger partial charge in [-0.2, -0.15) is 0 Å². The van der Waals surface area contributed by atoms with E-state index in [1.807, 2.05) is 15.9 Å². The van der Waals surface area contributed by atoms with Gasteiger partial charge in [0.1, 0.15) is 5.82 Å². The molecule has 0 radical (unpaired) electrons. The monoisotopic (exact) mass is 510 g/mol. The summed E-state index contributed by atoms with van der Waals surface area (Å²) in [5.74, 6) is 0.0440. The number of aliphatic hydroxyl groups excluding tert-OH is 1. The number of hydrogen-bond donors (Lipinski definition) is 2. The lowest BCUT2D eigenvalue weighted by Gasteiger charge is -2.41. The van der Waals surface area contributed by atoms with Crippen molar-refractivity contribution in [3.05, 3.63) is 42.3 Å². The van der Waals surface area contributed by atoms with Crippen LogP contribution in [-0.4, -0.2) is 65.3 Å². The van der Waals surface area contributed by atoms with Gasteiger partial charge in [0.2, 0.25) is 11.8 Å². The van der Waals surface area contributed by atoms with Crippen LogP contribution in [0.1, 0.15) is 51.9 Å². The van der Waals surface area contributed by atoms with Gasteiger partial charge in [0.25, 0.3) is 0 Å². The third kappa shape index (κ3) is 5.28. The van der Waals surface area contributed by atoms with Gasteiger partial charge in [-0.05, 0) is 75.6 Å². The molecule has 9 heteroatoms. The van der Waals surface area contributed by atoms with E-state index in [0.29, 0.717) is 36.4 Å². The first-order valence-electron chi connectivity index (χ1n) is 13.3. The summed E-state index contributed by atoms with van der Waals surface area (Å²) in [7, 11) is 0. The Hall–Kier alpha value is -3.20. The summed E-state index contributed by atoms with van der Waals surface area (Å²) in [6, 6.07) is 8.67. The minimum atomic E-state index is -0.571. The van der Waals surface area contributed by atoms with Crippen molar-refractivity contribution in [3.63, 3.8) is 0 Å². The topological polar surface area (TPSA) is 95.0 Å². The molecule has 0 bridgehead atoms. The van der Waals surface area contributed by atoms with Crippen LogP contribution < -0.4 is 15.0 Å². The molecule has 198 valence electrons. The number of halogens is 1. The molecule has 2 aromatic rings. The Balaban J connectivity index is 1.27. The number of nitrogens with one attached hydrogen (secondary N) is 1. The third-order valence-corrected chi connectivity index (χ3v) is 8.11. The first-order chi connectivity index (χ1) is 17.9. The lowest BCUT2D eigenvalue weighted by Crippen LogP contribution is -2.50. The number of rotatable bonds is 5. The Bertz CT molecular complexity index is 1140. The van der Waals surface area contributed by atoms with Gasteiger partial charge in [0.05, 0.1) is 17.2 Å². The Morgan fingerprint density at radius 3 is 2.65 bits per heavy atom.